The van der Waals surface area contributed by atoms with Gasteiger partial charge in [0, 0.05) is 6.61 Å². The Kier molecular flexibility index (Phi) is 17.1. The molecular formula is C21H46OSi. The van der Waals surface area contributed by atoms with E-state index in [2.05, 4.69) is 27.7 Å². The molecule has 0 spiro atoms. The number of hydrogen-bond acceptors (Lipinski definition) is 1. The van der Waals surface area contributed by atoms with Crippen LogP contribution in [-0.2, 0) is 4.43 Å². The van der Waals surface area contributed by atoms with Gasteiger partial charge in [0.15, 0.2) is 8.32 Å². The van der Waals surface area contributed by atoms with E-state index in [1.54, 1.807) is 0 Å². The smallest absolute Gasteiger partial charge is 0.192 e. The summed E-state index contributed by atoms with van der Waals surface area (Å²) in [4.78, 5) is 0. The molecule has 0 unspecified atom stereocenters. The van der Waals surface area contributed by atoms with Crippen molar-refractivity contribution in [2.45, 2.75) is 129 Å². The highest BCUT2D eigenvalue weighted by Crippen LogP contribution is 2.30. The first-order valence-corrected chi connectivity index (χ1v) is 13.4. The summed E-state index contributed by atoms with van der Waals surface area (Å²) in [5.74, 6) is 0. The molecule has 0 N–H and O–H groups in total. The Morgan fingerprint density at radius 1 is 0.478 bits per heavy atom. The van der Waals surface area contributed by atoms with Gasteiger partial charge in [-0.15, -0.1) is 0 Å². The molecule has 0 aromatic rings. The van der Waals surface area contributed by atoms with Crippen LogP contribution in [0.1, 0.15) is 111 Å². The van der Waals surface area contributed by atoms with Gasteiger partial charge in [-0.05, 0) is 24.6 Å². The molecule has 0 rings (SSSR count). The fraction of sp³-hybridized carbons (Fsp3) is 1.00. The van der Waals surface area contributed by atoms with Gasteiger partial charge in [0.1, 0.15) is 0 Å². The van der Waals surface area contributed by atoms with Crippen molar-refractivity contribution in [3.05, 3.63) is 0 Å². The third kappa shape index (κ3) is 13.2. The highest BCUT2D eigenvalue weighted by molar-refractivity contribution is 6.73. The molecule has 23 heavy (non-hydrogen) atoms. The van der Waals surface area contributed by atoms with Crippen molar-refractivity contribution in [2.75, 3.05) is 6.61 Å². The van der Waals surface area contributed by atoms with Crippen molar-refractivity contribution < 1.29 is 4.43 Å². The molecule has 0 fully saturated rings. The molecule has 0 aliphatic rings. The van der Waals surface area contributed by atoms with Crippen LogP contribution < -0.4 is 0 Å². The van der Waals surface area contributed by atoms with Crippen molar-refractivity contribution in [3.63, 3.8) is 0 Å². The monoisotopic (exact) mass is 342 g/mol. The van der Waals surface area contributed by atoms with E-state index in [1.807, 2.05) is 0 Å². The molecule has 140 valence electrons. The van der Waals surface area contributed by atoms with E-state index in [1.165, 1.54) is 102 Å². The average molecular weight is 343 g/mol. The molecule has 0 radical (unpaired) electrons. The van der Waals surface area contributed by atoms with Gasteiger partial charge in [-0.3, -0.25) is 0 Å². The molecule has 0 saturated carbocycles. The number of hydrogen-bond donors (Lipinski definition) is 0. The Morgan fingerprint density at radius 3 is 1.30 bits per heavy atom. The van der Waals surface area contributed by atoms with E-state index in [0.29, 0.717) is 0 Å². The minimum atomic E-state index is -1.44. The maximum atomic E-state index is 6.70. The fourth-order valence-corrected chi connectivity index (χ4v) is 8.19. The molecule has 0 amide bonds. The molecule has 0 aromatic carbocycles. The summed E-state index contributed by atoms with van der Waals surface area (Å²) in [5.41, 5.74) is 0. The first-order valence-electron chi connectivity index (χ1n) is 10.9. The van der Waals surface area contributed by atoms with Crippen LogP contribution in [0, 0.1) is 0 Å². The zero-order valence-electron chi connectivity index (χ0n) is 16.9. The van der Waals surface area contributed by atoms with Crippen molar-refractivity contribution in [3.8, 4) is 0 Å². The third-order valence-electron chi connectivity index (χ3n) is 5.11. The largest absolute Gasteiger partial charge is 0.417 e. The second-order valence-corrected chi connectivity index (χ2v) is 11.6. The predicted octanol–water partition coefficient (Wildman–Crippen LogP) is 8.10. The Hall–Kier alpha value is 0.177. The lowest BCUT2D eigenvalue weighted by atomic mass is 10.1. The quantitative estimate of drug-likeness (QED) is 0.180. The topological polar surface area (TPSA) is 9.23 Å². The Labute approximate surface area is 149 Å². The summed E-state index contributed by atoms with van der Waals surface area (Å²) in [7, 11) is -1.44. The zero-order chi connectivity index (χ0) is 17.2. The lowest BCUT2D eigenvalue weighted by molar-refractivity contribution is 0.282. The van der Waals surface area contributed by atoms with Crippen LogP contribution in [0.4, 0.5) is 0 Å². The molecule has 2 heteroatoms. The van der Waals surface area contributed by atoms with Crippen LogP contribution >= 0.6 is 0 Å². The van der Waals surface area contributed by atoms with E-state index >= 15 is 0 Å². The van der Waals surface area contributed by atoms with E-state index in [-0.39, 0.29) is 0 Å². The Balaban J connectivity index is 4.14. The van der Waals surface area contributed by atoms with Crippen LogP contribution in [-0.4, -0.2) is 14.9 Å². The van der Waals surface area contributed by atoms with Crippen LogP contribution in [0.2, 0.25) is 18.1 Å². The molecule has 0 saturated heterocycles. The Bertz CT molecular complexity index is 208. The number of unbranched alkanes of at least 4 members (excludes halogenated alkanes) is 9. The molecule has 0 atom stereocenters. The average Bonchev–Trinajstić information content (AvgIpc) is 2.58. The van der Waals surface area contributed by atoms with Crippen molar-refractivity contribution >= 4 is 8.32 Å². The zero-order valence-corrected chi connectivity index (χ0v) is 17.9. The van der Waals surface area contributed by atoms with Crippen LogP contribution in [0.15, 0.2) is 0 Å². The first kappa shape index (κ1) is 23.2. The standard InChI is InChI=1S/C21H46OSi/c1-5-9-13-14-15-16-17-18-22-23(19-10-6-2,20-11-7-3)21-12-8-4/h5-21H2,1-4H3. The third-order valence-corrected chi connectivity index (χ3v) is 9.72. The van der Waals surface area contributed by atoms with Crippen molar-refractivity contribution in [1.82, 2.24) is 0 Å². The first-order chi connectivity index (χ1) is 11.2. The SMILES string of the molecule is CCCCCCCCCO[Si](CCCC)(CCCC)CCCC. The van der Waals surface area contributed by atoms with Gasteiger partial charge in [0.05, 0.1) is 0 Å². The van der Waals surface area contributed by atoms with Crippen molar-refractivity contribution in [1.29, 1.82) is 0 Å². The Morgan fingerprint density at radius 2 is 0.870 bits per heavy atom. The van der Waals surface area contributed by atoms with Gasteiger partial charge in [-0.2, -0.15) is 0 Å². The molecule has 0 aliphatic heterocycles. The van der Waals surface area contributed by atoms with E-state index in [0.717, 1.165) is 6.61 Å². The second-order valence-electron chi connectivity index (χ2n) is 7.46. The summed E-state index contributed by atoms with van der Waals surface area (Å²) in [6.07, 6.45) is 17.9. The second kappa shape index (κ2) is 17.0. The molecule has 0 heterocycles. The van der Waals surface area contributed by atoms with E-state index in [4.69, 9.17) is 4.43 Å². The highest BCUT2D eigenvalue weighted by Gasteiger charge is 2.32. The summed E-state index contributed by atoms with van der Waals surface area (Å²) < 4.78 is 6.70. The maximum Gasteiger partial charge on any atom is 0.192 e. The maximum absolute atomic E-state index is 6.70. The highest BCUT2D eigenvalue weighted by atomic mass is 28.4. The van der Waals surface area contributed by atoms with Gasteiger partial charge in [-0.25, -0.2) is 0 Å². The van der Waals surface area contributed by atoms with Gasteiger partial charge in [0.2, 0.25) is 0 Å². The lowest BCUT2D eigenvalue weighted by Gasteiger charge is -2.32. The summed E-state index contributed by atoms with van der Waals surface area (Å²) in [6.45, 7) is 10.3. The van der Waals surface area contributed by atoms with Crippen LogP contribution in [0.25, 0.3) is 0 Å². The fourth-order valence-electron chi connectivity index (χ4n) is 3.44. The van der Waals surface area contributed by atoms with E-state index in [9.17, 15) is 0 Å². The van der Waals surface area contributed by atoms with Gasteiger partial charge < -0.3 is 4.43 Å². The lowest BCUT2D eigenvalue weighted by Crippen LogP contribution is -2.38. The van der Waals surface area contributed by atoms with Gasteiger partial charge >= 0.3 is 0 Å². The molecule has 0 bridgehead atoms. The number of rotatable bonds is 18. The van der Waals surface area contributed by atoms with Gasteiger partial charge in [0.25, 0.3) is 0 Å². The summed E-state index contributed by atoms with van der Waals surface area (Å²) in [5, 5.41) is 0. The molecular weight excluding hydrogens is 296 g/mol. The molecule has 1 nitrogen and oxygen atoms in total. The predicted molar refractivity (Wildman–Crippen MR) is 109 cm³/mol. The minimum absolute atomic E-state index is 1.05. The van der Waals surface area contributed by atoms with E-state index < -0.39 is 8.32 Å². The normalized spacial score (nSPS) is 12.0. The minimum Gasteiger partial charge on any atom is -0.417 e. The van der Waals surface area contributed by atoms with Crippen LogP contribution in [0.3, 0.4) is 0 Å². The van der Waals surface area contributed by atoms with Gasteiger partial charge in [-0.1, -0.05) is 105 Å². The van der Waals surface area contributed by atoms with Crippen molar-refractivity contribution in [2.24, 2.45) is 0 Å². The van der Waals surface area contributed by atoms with Crippen LogP contribution in [0.5, 0.6) is 0 Å². The summed E-state index contributed by atoms with van der Waals surface area (Å²) >= 11 is 0. The molecule has 0 aliphatic carbocycles. The molecule has 0 aromatic heterocycles. The summed E-state index contributed by atoms with van der Waals surface area (Å²) in [6, 6.07) is 4.25.